The highest BCUT2D eigenvalue weighted by Gasteiger charge is 2.24. The minimum Gasteiger partial charge on any atom is -0.283 e. The highest BCUT2D eigenvalue weighted by molar-refractivity contribution is 5.97. The molecule has 0 aliphatic carbocycles. The molecule has 0 N–H and O–H groups in total. The molecule has 0 atom stereocenters. The van der Waals surface area contributed by atoms with E-state index in [1.165, 1.54) is 49.8 Å². The van der Waals surface area contributed by atoms with Crippen LogP contribution >= 0.6 is 0 Å². The number of hydrogen-bond acceptors (Lipinski definition) is 2. The van der Waals surface area contributed by atoms with Crippen molar-refractivity contribution in [3.63, 3.8) is 0 Å². The van der Waals surface area contributed by atoms with E-state index in [1.54, 1.807) is 0 Å². The highest BCUT2D eigenvalue weighted by Crippen LogP contribution is 2.14. The average Bonchev–Trinajstić information content (AvgIpc) is 2.40. The van der Waals surface area contributed by atoms with Gasteiger partial charge in [0.2, 0.25) is 11.8 Å². The Morgan fingerprint density at radius 3 is 1.79 bits per heavy atom. The number of hydrogen-bond donors (Lipinski definition) is 0. The summed E-state index contributed by atoms with van der Waals surface area (Å²) in [5.41, 5.74) is 0. The summed E-state index contributed by atoms with van der Waals surface area (Å²) in [6, 6.07) is 0. The Labute approximate surface area is 117 Å². The van der Waals surface area contributed by atoms with Crippen molar-refractivity contribution in [3.8, 4) is 0 Å². The summed E-state index contributed by atoms with van der Waals surface area (Å²) >= 11 is 0. The molecule has 1 fully saturated rings. The van der Waals surface area contributed by atoms with Crippen LogP contribution in [0.2, 0.25) is 0 Å². The van der Waals surface area contributed by atoms with Crippen LogP contribution in [0.5, 0.6) is 0 Å². The van der Waals surface area contributed by atoms with E-state index < -0.39 is 0 Å². The van der Waals surface area contributed by atoms with Crippen LogP contribution in [-0.2, 0) is 9.59 Å². The van der Waals surface area contributed by atoms with Gasteiger partial charge in [-0.05, 0) is 12.8 Å². The molecular weight excluding hydrogens is 238 g/mol. The van der Waals surface area contributed by atoms with Crippen LogP contribution in [0.25, 0.3) is 0 Å². The second-order valence-corrected chi connectivity index (χ2v) is 5.62. The molecule has 0 bridgehead atoms. The van der Waals surface area contributed by atoms with Crippen molar-refractivity contribution in [2.75, 3.05) is 6.54 Å². The molecule has 0 spiro atoms. The van der Waals surface area contributed by atoms with Gasteiger partial charge < -0.3 is 0 Å². The van der Waals surface area contributed by atoms with Gasteiger partial charge in [-0.15, -0.1) is 0 Å². The van der Waals surface area contributed by atoms with E-state index in [0.717, 1.165) is 19.3 Å². The zero-order valence-corrected chi connectivity index (χ0v) is 12.5. The largest absolute Gasteiger partial charge is 0.283 e. The fourth-order valence-corrected chi connectivity index (χ4v) is 2.63. The standard InChI is InChI=1S/C16H29NO2/c1-2-3-4-5-6-7-8-9-10-14-17-15(18)12-11-13-16(17)19/h2-14H2,1H3. The number of rotatable bonds is 10. The molecule has 0 radical (unpaired) electrons. The number of carbonyl (C=O) groups excluding carboxylic acids is 2. The van der Waals surface area contributed by atoms with Crippen molar-refractivity contribution in [1.82, 2.24) is 4.90 Å². The van der Waals surface area contributed by atoms with E-state index in [0.29, 0.717) is 19.4 Å². The van der Waals surface area contributed by atoms with E-state index in [2.05, 4.69) is 6.92 Å². The molecule has 3 heteroatoms. The molecule has 0 unspecified atom stereocenters. The van der Waals surface area contributed by atoms with Crippen molar-refractivity contribution in [2.24, 2.45) is 0 Å². The maximum Gasteiger partial charge on any atom is 0.229 e. The zero-order chi connectivity index (χ0) is 13.9. The maximum atomic E-state index is 11.6. The molecule has 1 aliphatic heterocycles. The summed E-state index contributed by atoms with van der Waals surface area (Å²) < 4.78 is 0. The van der Waals surface area contributed by atoms with Gasteiger partial charge in [-0.2, -0.15) is 0 Å². The average molecular weight is 267 g/mol. The molecule has 1 aliphatic rings. The van der Waals surface area contributed by atoms with Gasteiger partial charge in [-0.25, -0.2) is 0 Å². The van der Waals surface area contributed by atoms with Crippen LogP contribution in [0.3, 0.4) is 0 Å². The number of nitrogens with zero attached hydrogens (tertiary/aromatic N) is 1. The topological polar surface area (TPSA) is 37.4 Å². The molecule has 1 heterocycles. The lowest BCUT2D eigenvalue weighted by Crippen LogP contribution is -2.40. The van der Waals surface area contributed by atoms with Gasteiger partial charge >= 0.3 is 0 Å². The minimum atomic E-state index is 0.0378. The molecule has 19 heavy (non-hydrogen) atoms. The van der Waals surface area contributed by atoms with Gasteiger partial charge in [0, 0.05) is 19.4 Å². The van der Waals surface area contributed by atoms with Crippen LogP contribution in [0.15, 0.2) is 0 Å². The lowest BCUT2D eigenvalue weighted by Gasteiger charge is -2.24. The third-order valence-corrected chi connectivity index (χ3v) is 3.87. The van der Waals surface area contributed by atoms with E-state index in [9.17, 15) is 9.59 Å². The van der Waals surface area contributed by atoms with E-state index in [1.807, 2.05) is 0 Å². The Kier molecular flexibility index (Phi) is 8.52. The molecule has 1 rings (SSSR count). The monoisotopic (exact) mass is 267 g/mol. The smallest absolute Gasteiger partial charge is 0.229 e. The SMILES string of the molecule is CCCCCCCCCCCN1C(=O)CCCC1=O. The van der Waals surface area contributed by atoms with Crippen molar-refractivity contribution < 1.29 is 9.59 Å². The Morgan fingerprint density at radius 2 is 1.26 bits per heavy atom. The number of carbonyl (C=O) groups is 2. The molecule has 3 nitrogen and oxygen atoms in total. The lowest BCUT2D eigenvalue weighted by molar-refractivity contribution is -0.147. The zero-order valence-electron chi connectivity index (χ0n) is 12.5. The molecule has 0 aromatic heterocycles. The lowest BCUT2D eigenvalue weighted by atomic mass is 10.1. The van der Waals surface area contributed by atoms with Gasteiger partial charge in [-0.3, -0.25) is 14.5 Å². The Balaban J connectivity index is 1.95. The first kappa shape index (κ1) is 16.2. The van der Waals surface area contributed by atoms with Gasteiger partial charge in [0.05, 0.1) is 0 Å². The molecular formula is C16H29NO2. The Morgan fingerprint density at radius 1 is 0.789 bits per heavy atom. The van der Waals surface area contributed by atoms with Gasteiger partial charge in [0.1, 0.15) is 0 Å². The van der Waals surface area contributed by atoms with Crippen LogP contribution in [0.1, 0.15) is 84.0 Å². The molecule has 0 aromatic rings. The fraction of sp³-hybridized carbons (Fsp3) is 0.875. The first-order chi connectivity index (χ1) is 9.25. The fourth-order valence-electron chi connectivity index (χ4n) is 2.63. The summed E-state index contributed by atoms with van der Waals surface area (Å²) in [4.78, 5) is 24.6. The highest BCUT2D eigenvalue weighted by atomic mass is 16.2. The second kappa shape index (κ2) is 9.99. The maximum absolute atomic E-state index is 11.6. The minimum absolute atomic E-state index is 0.0378. The summed E-state index contributed by atoms with van der Waals surface area (Å²) in [6.45, 7) is 2.89. The molecule has 0 aromatic carbocycles. The van der Waals surface area contributed by atoms with Gasteiger partial charge in [0.15, 0.2) is 0 Å². The number of imide groups is 1. The van der Waals surface area contributed by atoms with Gasteiger partial charge in [0.25, 0.3) is 0 Å². The van der Waals surface area contributed by atoms with Crippen LogP contribution in [-0.4, -0.2) is 23.3 Å². The van der Waals surface area contributed by atoms with Crippen molar-refractivity contribution in [3.05, 3.63) is 0 Å². The van der Waals surface area contributed by atoms with E-state index >= 15 is 0 Å². The number of unbranched alkanes of at least 4 members (excludes halogenated alkanes) is 8. The normalized spacial score (nSPS) is 16.2. The molecule has 0 saturated carbocycles. The third kappa shape index (κ3) is 6.74. The predicted molar refractivity (Wildman–Crippen MR) is 77.8 cm³/mol. The first-order valence-electron chi connectivity index (χ1n) is 8.09. The van der Waals surface area contributed by atoms with Crippen molar-refractivity contribution in [2.45, 2.75) is 84.0 Å². The Bertz CT molecular complexity index is 260. The second-order valence-electron chi connectivity index (χ2n) is 5.62. The van der Waals surface area contributed by atoms with Crippen molar-refractivity contribution in [1.29, 1.82) is 0 Å². The Hall–Kier alpha value is -0.860. The number of piperidine rings is 1. The molecule has 2 amide bonds. The van der Waals surface area contributed by atoms with Crippen LogP contribution in [0.4, 0.5) is 0 Å². The van der Waals surface area contributed by atoms with Crippen molar-refractivity contribution >= 4 is 11.8 Å². The number of likely N-dealkylation sites (tertiary alicyclic amines) is 1. The summed E-state index contributed by atoms with van der Waals surface area (Å²) in [5.74, 6) is 0.0756. The summed E-state index contributed by atoms with van der Waals surface area (Å²) in [5, 5.41) is 0. The van der Waals surface area contributed by atoms with Gasteiger partial charge in [-0.1, -0.05) is 58.3 Å². The van der Waals surface area contributed by atoms with Crippen LogP contribution < -0.4 is 0 Å². The van der Waals surface area contributed by atoms with Crippen LogP contribution in [0, 0.1) is 0 Å². The quantitative estimate of drug-likeness (QED) is 0.442. The number of amides is 2. The summed E-state index contributed by atoms with van der Waals surface area (Å²) in [6.07, 6.45) is 13.2. The summed E-state index contributed by atoms with van der Waals surface area (Å²) in [7, 11) is 0. The molecule has 1 saturated heterocycles. The third-order valence-electron chi connectivity index (χ3n) is 3.87. The first-order valence-corrected chi connectivity index (χ1v) is 8.09. The van der Waals surface area contributed by atoms with E-state index in [-0.39, 0.29) is 11.8 Å². The molecule has 110 valence electrons. The predicted octanol–water partition coefficient (Wildman–Crippen LogP) is 4.06. The van der Waals surface area contributed by atoms with E-state index in [4.69, 9.17) is 0 Å².